The second-order valence-electron chi connectivity index (χ2n) is 0.204. The van der Waals surface area contributed by atoms with Gasteiger partial charge in [-0.05, 0) is 0 Å². The van der Waals surface area contributed by atoms with Gasteiger partial charge in [-0.25, -0.2) is 0 Å². The molecule has 4 heavy (non-hydrogen) atoms. The fourth-order valence-corrected chi connectivity index (χ4v) is 0. The molecule has 0 saturated heterocycles. The Balaban J connectivity index is 2.80. The van der Waals surface area contributed by atoms with Gasteiger partial charge in [0.05, 0.1) is 0 Å². The third-order valence-electron chi connectivity index (χ3n) is 0. The minimum absolute atomic E-state index is 3.79. The molecule has 0 bridgehead atoms. The van der Waals surface area contributed by atoms with Crippen LogP contribution in [0.1, 0.15) is 0 Å². The molecule has 0 aromatic rings. The summed E-state index contributed by atoms with van der Waals surface area (Å²) in [5.74, 6) is 0. The van der Waals surface area contributed by atoms with Crippen molar-refractivity contribution in [3.05, 3.63) is 0 Å². The van der Waals surface area contributed by atoms with Crippen LogP contribution in [0.25, 0.3) is 0 Å². The van der Waals surface area contributed by atoms with Gasteiger partial charge in [0.2, 0.25) is 0 Å². The molecule has 0 atom stereocenters. The SMILES string of the molecule is O=[75Se]([O-])[O-]. The maximum absolute atomic E-state index is 8.54. The van der Waals surface area contributed by atoms with E-state index in [1.807, 2.05) is 0 Å². The first-order valence-electron chi connectivity index (χ1n) is 0.500. The van der Waals surface area contributed by atoms with Crippen LogP contribution in [-0.2, 0) is 3.83 Å². The maximum atomic E-state index is 8.54. The predicted molar refractivity (Wildman–Crippen MR) is 6.44 cm³/mol. The van der Waals surface area contributed by atoms with Gasteiger partial charge in [0.15, 0.2) is 0 Å². The van der Waals surface area contributed by atoms with Crippen molar-refractivity contribution in [3.63, 3.8) is 0 Å². The topological polar surface area (TPSA) is 63.2 Å². The first-order chi connectivity index (χ1) is 1.73. The Morgan fingerprint density at radius 3 is 1.50 bits per heavy atom. The quantitative estimate of drug-likeness (QED) is 0.325. The summed E-state index contributed by atoms with van der Waals surface area (Å²) in [4.78, 5) is 0. The molecule has 0 unspecified atom stereocenters. The molecular weight excluding hydrogens is 123 g/mol. The Hall–Kier alpha value is 0.239. The number of rotatable bonds is 0. The third kappa shape index (κ3) is 60.0. The average Bonchev–Trinajstić information content (AvgIpc) is 0.811. The molecule has 0 amide bonds. The zero-order valence-corrected chi connectivity index (χ0v) is 3.35. The molecule has 0 saturated carbocycles. The molecule has 0 aliphatic heterocycles. The zero-order chi connectivity index (χ0) is 3.58. The van der Waals surface area contributed by atoms with E-state index in [0.29, 0.717) is 0 Å². The van der Waals surface area contributed by atoms with Gasteiger partial charge >= 0.3 is 26.7 Å². The van der Waals surface area contributed by atoms with Crippen molar-refractivity contribution in [2.75, 3.05) is 0 Å². The van der Waals surface area contributed by atoms with Crippen LogP contribution in [0.3, 0.4) is 0 Å². The van der Waals surface area contributed by atoms with Crippen molar-refractivity contribution in [1.82, 2.24) is 0 Å². The fraction of sp³-hybridized carbons (Fsp3) is 0. The number of hydrogen-bond acceptors (Lipinski definition) is 3. The van der Waals surface area contributed by atoms with Gasteiger partial charge in [-0.2, -0.15) is 0 Å². The molecule has 0 rings (SSSR count). The monoisotopic (exact) mass is 123 g/mol. The van der Waals surface area contributed by atoms with E-state index in [2.05, 4.69) is 0 Å². The van der Waals surface area contributed by atoms with Crippen molar-refractivity contribution >= 4 is 14.5 Å². The first kappa shape index (κ1) is 4.24. The fourth-order valence-electron chi connectivity index (χ4n) is 0. The van der Waals surface area contributed by atoms with Gasteiger partial charge in [0.25, 0.3) is 0 Å². The summed E-state index contributed by atoms with van der Waals surface area (Å²) in [6, 6.07) is 0. The minimum atomic E-state index is -3.79. The summed E-state index contributed by atoms with van der Waals surface area (Å²) in [6.07, 6.45) is 0. The molecule has 0 aliphatic carbocycles. The summed E-state index contributed by atoms with van der Waals surface area (Å²) < 4.78 is 25.6. The molecule has 4 heteroatoms. The van der Waals surface area contributed by atoms with E-state index in [9.17, 15) is 0 Å². The molecule has 0 radical (unpaired) electrons. The Kier molecular flexibility index (Phi) is 1.64. The Labute approximate surface area is 27.6 Å². The second-order valence-corrected chi connectivity index (χ2v) is 1.06. The van der Waals surface area contributed by atoms with Gasteiger partial charge < -0.3 is 0 Å². The van der Waals surface area contributed by atoms with E-state index in [0.717, 1.165) is 0 Å². The molecule has 0 heterocycles. The summed E-state index contributed by atoms with van der Waals surface area (Å²) in [5.41, 5.74) is 0. The predicted octanol–water partition coefficient (Wildman–Crippen LogP) is -2.88. The van der Waals surface area contributed by atoms with Crippen molar-refractivity contribution in [1.29, 1.82) is 0 Å². The Morgan fingerprint density at radius 2 is 1.50 bits per heavy atom. The van der Waals surface area contributed by atoms with Crippen LogP contribution in [0, 0.1) is 0 Å². The van der Waals surface area contributed by atoms with E-state index in [1.54, 1.807) is 0 Å². The van der Waals surface area contributed by atoms with Crippen LogP contribution in [0.2, 0.25) is 0 Å². The van der Waals surface area contributed by atoms with Crippen LogP contribution >= 0.6 is 0 Å². The molecule has 0 N–H and O–H groups in total. The van der Waals surface area contributed by atoms with Crippen molar-refractivity contribution in [2.45, 2.75) is 0 Å². The standard InChI is InChI=1S/H2O3Se/c1-4(2)3/h(H2,1,2,3)/p-2/i4-4. The van der Waals surface area contributed by atoms with Crippen molar-refractivity contribution < 1.29 is 12.2 Å². The van der Waals surface area contributed by atoms with Gasteiger partial charge in [-0.3, -0.25) is 0 Å². The van der Waals surface area contributed by atoms with E-state index in [1.165, 1.54) is 0 Å². The molecule has 0 spiro atoms. The summed E-state index contributed by atoms with van der Waals surface area (Å²) >= 11 is -3.79. The second kappa shape index (κ2) is 1.55. The number of hydrogen-bond donors (Lipinski definition) is 0. The normalized spacial score (nSPS) is 8.75. The zero-order valence-electron chi connectivity index (χ0n) is 1.63. The summed E-state index contributed by atoms with van der Waals surface area (Å²) in [7, 11) is 0. The van der Waals surface area contributed by atoms with Gasteiger partial charge in [0.1, 0.15) is 0 Å². The molecule has 3 nitrogen and oxygen atoms in total. The van der Waals surface area contributed by atoms with Gasteiger partial charge in [-0.15, -0.1) is 0 Å². The Morgan fingerprint density at radius 1 is 1.50 bits per heavy atom. The van der Waals surface area contributed by atoms with Crippen molar-refractivity contribution in [3.8, 4) is 0 Å². The van der Waals surface area contributed by atoms with Gasteiger partial charge in [0, 0.05) is 0 Å². The third-order valence-corrected chi connectivity index (χ3v) is 0. The molecular formula is O3Se-2. The summed E-state index contributed by atoms with van der Waals surface area (Å²) in [5, 5.41) is 0. The molecule has 26 valence electrons. The van der Waals surface area contributed by atoms with Crippen LogP contribution < -0.4 is 8.38 Å². The van der Waals surface area contributed by atoms with Crippen LogP contribution in [-0.4, -0.2) is 14.5 Å². The Bertz CT molecular complexity index is 26.3. The van der Waals surface area contributed by atoms with E-state index < -0.39 is 14.5 Å². The van der Waals surface area contributed by atoms with Crippen LogP contribution in [0.5, 0.6) is 0 Å². The van der Waals surface area contributed by atoms with Crippen molar-refractivity contribution in [2.24, 2.45) is 0 Å². The molecule has 0 aliphatic rings. The molecule has 0 aromatic heterocycles. The van der Waals surface area contributed by atoms with Crippen LogP contribution in [0.15, 0.2) is 0 Å². The average molecular weight is 123 g/mol. The molecule has 0 fully saturated rings. The van der Waals surface area contributed by atoms with Crippen LogP contribution in [0.4, 0.5) is 0 Å². The van der Waals surface area contributed by atoms with E-state index in [-0.39, 0.29) is 0 Å². The van der Waals surface area contributed by atoms with E-state index >= 15 is 0 Å². The van der Waals surface area contributed by atoms with E-state index in [4.69, 9.17) is 12.2 Å². The summed E-state index contributed by atoms with van der Waals surface area (Å²) in [6.45, 7) is 0. The molecule has 0 aromatic carbocycles. The van der Waals surface area contributed by atoms with Gasteiger partial charge in [-0.1, -0.05) is 0 Å². The first-order valence-corrected chi connectivity index (χ1v) is 2.60.